The van der Waals surface area contributed by atoms with Gasteiger partial charge in [-0.25, -0.2) is 17.5 Å². The summed E-state index contributed by atoms with van der Waals surface area (Å²) >= 11 is 0. The number of ether oxygens (including phenoxy) is 2. The molecule has 32 heavy (non-hydrogen) atoms. The van der Waals surface area contributed by atoms with Crippen LogP contribution in [0.1, 0.15) is 24.8 Å². The van der Waals surface area contributed by atoms with Gasteiger partial charge in [0.15, 0.2) is 11.5 Å². The molecule has 170 valence electrons. The lowest BCUT2D eigenvalue weighted by Gasteiger charge is -2.14. The Balaban J connectivity index is 1.53. The summed E-state index contributed by atoms with van der Waals surface area (Å²) in [6.07, 6.45) is 1.16. The number of sulfonamides is 1. The fraction of sp³-hybridized carbons (Fsp3) is 0.318. The number of nitrogens with one attached hydrogen (secondary N) is 1. The second-order valence-electron chi connectivity index (χ2n) is 7.54. The minimum absolute atomic E-state index is 0.187. The van der Waals surface area contributed by atoms with Gasteiger partial charge in [-0.3, -0.25) is 0 Å². The van der Waals surface area contributed by atoms with Crippen LogP contribution in [0.3, 0.4) is 0 Å². The molecule has 2 atom stereocenters. The summed E-state index contributed by atoms with van der Waals surface area (Å²) in [6.45, 7) is 0.187. The first-order valence-electron chi connectivity index (χ1n) is 10.1. The lowest BCUT2D eigenvalue weighted by atomic mass is 10.1. The molecule has 0 radical (unpaired) electrons. The molecule has 2 N–H and O–H groups in total. The molecule has 4 rings (SSSR count). The van der Waals surface area contributed by atoms with Crippen LogP contribution >= 0.6 is 0 Å². The highest BCUT2D eigenvalue weighted by molar-refractivity contribution is 7.89. The topological polar surface area (TPSA) is 111 Å². The molecule has 0 aliphatic heterocycles. The van der Waals surface area contributed by atoms with Crippen molar-refractivity contribution in [2.24, 2.45) is 0 Å². The van der Waals surface area contributed by atoms with Crippen LogP contribution in [-0.2, 0) is 16.6 Å². The lowest BCUT2D eigenvalue weighted by molar-refractivity contribution is 0.158. The third-order valence-corrected chi connectivity index (χ3v) is 6.64. The predicted molar refractivity (Wildman–Crippen MR) is 113 cm³/mol. The Bertz CT molecular complexity index is 1180. The molecular weight excluding hydrogens is 439 g/mol. The average Bonchev–Trinajstić information content (AvgIpc) is 3.43. The van der Waals surface area contributed by atoms with Crippen molar-refractivity contribution < 1.29 is 31.9 Å². The first kappa shape index (κ1) is 22.3. The maximum Gasteiger partial charge on any atom is 0.277 e. The van der Waals surface area contributed by atoms with Crippen LogP contribution in [0.4, 0.5) is 4.39 Å². The minimum atomic E-state index is -3.96. The van der Waals surface area contributed by atoms with Crippen molar-refractivity contribution in [2.75, 3.05) is 7.11 Å². The number of hydrogen-bond acceptors (Lipinski definition) is 7. The number of aromatic nitrogens is 1. The number of hydrogen-bond donors (Lipinski definition) is 2. The van der Waals surface area contributed by atoms with E-state index in [2.05, 4.69) is 9.88 Å². The van der Waals surface area contributed by atoms with E-state index in [1.165, 1.54) is 25.3 Å². The van der Waals surface area contributed by atoms with Crippen LogP contribution in [0.5, 0.6) is 11.5 Å². The number of halogens is 1. The molecule has 3 aromatic rings. The quantitative estimate of drug-likeness (QED) is 0.529. The molecule has 10 heteroatoms. The standard InChI is InChI=1S/C22H23FN2O6S/c1-29-20-10-7-15(11-21(20)30-13-14-5-8-16(23)9-6-14)18-12-22(31-24-18)32(27,28)25-17-3-2-4-19(17)26/h5-12,17,19,25-26H,2-4,13H2,1H3. The highest BCUT2D eigenvalue weighted by atomic mass is 32.2. The van der Waals surface area contributed by atoms with Crippen molar-refractivity contribution in [1.29, 1.82) is 0 Å². The fourth-order valence-corrected chi connectivity index (χ4v) is 4.74. The SMILES string of the molecule is COc1ccc(-c2cc(S(=O)(=O)NC3CCCC3O)on2)cc1OCc1ccc(F)cc1. The van der Waals surface area contributed by atoms with E-state index in [1.54, 1.807) is 30.3 Å². The van der Waals surface area contributed by atoms with Crippen LogP contribution in [0.2, 0.25) is 0 Å². The zero-order valence-electron chi connectivity index (χ0n) is 17.3. The van der Waals surface area contributed by atoms with Crippen LogP contribution in [0.15, 0.2) is 58.1 Å². The van der Waals surface area contributed by atoms with Gasteiger partial charge in [0, 0.05) is 17.7 Å². The van der Waals surface area contributed by atoms with E-state index in [-0.39, 0.29) is 17.5 Å². The van der Waals surface area contributed by atoms with Crippen molar-refractivity contribution in [3.05, 3.63) is 59.9 Å². The summed E-state index contributed by atoms with van der Waals surface area (Å²) in [4.78, 5) is 0. The van der Waals surface area contributed by atoms with Crippen LogP contribution in [0.25, 0.3) is 11.3 Å². The second kappa shape index (κ2) is 9.27. The molecule has 2 unspecified atom stereocenters. The lowest BCUT2D eigenvalue weighted by Crippen LogP contribution is -2.39. The van der Waals surface area contributed by atoms with E-state index in [4.69, 9.17) is 14.0 Å². The number of benzene rings is 2. The van der Waals surface area contributed by atoms with Crippen molar-refractivity contribution in [1.82, 2.24) is 9.88 Å². The minimum Gasteiger partial charge on any atom is -0.493 e. The van der Waals surface area contributed by atoms with E-state index in [0.717, 1.165) is 12.0 Å². The molecular formula is C22H23FN2O6S. The molecule has 2 aromatic carbocycles. The summed E-state index contributed by atoms with van der Waals surface area (Å²) in [5.74, 6) is 0.556. The van der Waals surface area contributed by atoms with Gasteiger partial charge in [0.1, 0.15) is 18.1 Å². The summed E-state index contributed by atoms with van der Waals surface area (Å²) < 4.78 is 57.0. The van der Waals surface area contributed by atoms with Gasteiger partial charge >= 0.3 is 0 Å². The number of aliphatic hydroxyl groups is 1. The average molecular weight is 462 g/mol. The van der Waals surface area contributed by atoms with Gasteiger partial charge in [-0.05, 0) is 55.2 Å². The Hall–Kier alpha value is -2.95. The summed E-state index contributed by atoms with van der Waals surface area (Å²) in [5, 5.41) is 13.4. The fourth-order valence-electron chi connectivity index (χ4n) is 3.55. The molecule has 1 heterocycles. The van der Waals surface area contributed by atoms with Gasteiger partial charge in [0.05, 0.1) is 13.2 Å². The highest BCUT2D eigenvalue weighted by Crippen LogP contribution is 2.33. The third kappa shape index (κ3) is 4.93. The summed E-state index contributed by atoms with van der Waals surface area (Å²) in [7, 11) is -2.46. The van der Waals surface area contributed by atoms with E-state index in [1.807, 2.05) is 0 Å². The molecule has 1 aliphatic rings. The highest BCUT2D eigenvalue weighted by Gasteiger charge is 2.32. The van der Waals surface area contributed by atoms with Crippen LogP contribution in [-0.4, -0.2) is 37.9 Å². The van der Waals surface area contributed by atoms with Crippen LogP contribution < -0.4 is 14.2 Å². The zero-order chi connectivity index (χ0) is 22.7. The van der Waals surface area contributed by atoms with Gasteiger partial charge in [0.2, 0.25) is 0 Å². The third-order valence-electron chi connectivity index (χ3n) is 5.31. The first-order valence-corrected chi connectivity index (χ1v) is 11.6. The first-order chi connectivity index (χ1) is 15.4. The molecule has 1 aromatic heterocycles. The van der Waals surface area contributed by atoms with Gasteiger partial charge in [-0.15, -0.1) is 0 Å². The van der Waals surface area contributed by atoms with E-state index < -0.39 is 22.2 Å². The smallest absolute Gasteiger partial charge is 0.277 e. The molecule has 8 nitrogen and oxygen atoms in total. The van der Waals surface area contributed by atoms with Gasteiger partial charge in [-0.2, -0.15) is 0 Å². The number of aliphatic hydroxyl groups excluding tert-OH is 1. The second-order valence-corrected chi connectivity index (χ2v) is 9.18. The van der Waals surface area contributed by atoms with Gasteiger partial charge in [0.25, 0.3) is 15.1 Å². The van der Waals surface area contributed by atoms with Crippen molar-refractivity contribution in [3.8, 4) is 22.8 Å². The maximum absolute atomic E-state index is 13.1. The maximum atomic E-state index is 13.1. The van der Waals surface area contributed by atoms with E-state index >= 15 is 0 Å². The Kier molecular flexibility index (Phi) is 6.45. The Labute approximate surface area is 185 Å². The van der Waals surface area contributed by atoms with Crippen molar-refractivity contribution in [3.63, 3.8) is 0 Å². The number of rotatable bonds is 8. The summed E-state index contributed by atoms with van der Waals surface area (Å²) in [5.41, 5.74) is 1.63. The van der Waals surface area contributed by atoms with Crippen molar-refractivity contribution >= 4 is 10.0 Å². The zero-order valence-corrected chi connectivity index (χ0v) is 18.1. The Morgan fingerprint density at radius 2 is 1.94 bits per heavy atom. The molecule has 1 fully saturated rings. The van der Waals surface area contributed by atoms with E-state index in [9.17, 15) is 17.9 Å². The molecule has 1 saturated carbocycles. The van der Waals surface area contributed by atoms with E-state index in [0.29, 0.717) is 35.6 Å². The number of nitrogens with zero attached hydrogens (tertiary/aromatic N) is 1. The molecule has 0 bridgehead atoms. The number of methoxy groups -OCH3 is 1. The Morgan fingerprint density at radius 3 is 2.62 bits per heavy atom. The molecule has 0 saturated heterocycles. The monoisotopic (exact) mass is 462 g/mol. The normalized spacial score (nSPS) is 18.6. The van der Waals surface area contributed by atoms with Gasteiger partial charge in [-0.1, -0.05) is 17.3 Å². The predicted octanol–water partition coefficient (Wildman–Crippen LogP) is 3.26. The summed E-state index contributed by atoms with van der Waals surface area (Å²) in [6, 6.07) is 11.7. The largest absolute Gasteiger partial charge is 0.493 e. The molecule has 1 aliphatic carbocycles. The molecule has 0 amide bonds. The van der Waals surface area contributed by atoms with Crippen molar-refractivity contribution in [2.45, 2.75) is 43.1 Å². The molecule has 0 spiro atoms. The Morgan fingerprint density at radius 1 is 1.16 bits per heavy atom. The van der Waals surface area contributed by atoms with Crippen LogP contribution in [0, 0.1) is 5.82 Å². The van der Waals surface area contributed by atoms with Gasteiger partial charge < -0.3 is 19.1 Å².